The van der Waals surface area contributed by atoms with Gasteiger partial charge in [-0.3, -0.25) is 14.5 Å². The largest absolute Gasteiger partial charge is 0.496 e. The first-order valence-corrected chi connectivity index (χ1v) is 12.4. The Hall–Kier alpha value is -4.30. The van der Waals surface area contributed by atoms with Crippen LogP contribution in [0.3, 0.4) is 0 Å². The van der Waals surface area contributed by atoms with E-state index in [0.717, 1.165) is 33.6 Å². The highest BCUT2D eigenvalue weighted by atomic mass is 16.5. The summed E-state index contributed by atoms with van der Waals surface area (Å²) in [6.07, 6.45) is 5.48. The van der Waals surface area contributed by atoms with Crippen LogP contribution in [0.2, 0.25) is 0 Å². The molecule has 3 aromatic rings. The number of nitrogens with one attached hydrogen (secondary N) is 2. The number of rotatable bonds is 10. The highest BCUT2D eigenvalue weighted by Crippen LogP contribution is 2.37. The summed E-state index contributed by atoms with van der Waals surface area (Å²) in [7, 11) is 6.87. The number of nitrogens with zero attached hydrogens (tertiary/aromatic N) is 2. The Morgan fingerprint density at radius 3 is 2.47 bits per heavy atom. The van der Waals surface area contributed by atoms with Gasteiger partial charge in [-0.1, -0.05) is 36.9 Å². The predicted octanol–water partition coefficient (Wildman–Crippen LogP) is 4.98. The second kappa shape index (κ2) is 12.3. The molecule has 0 aliphatic heterocycles. The fraction of sp³-hybridized carbons (Fsp3) is 0.267. The number of aromatic nitrogens is 1. The number of benzene rings is 2. The van der Waals surface area contributed by atoms with Crippen molar-refractivity contribution < 1.29 is 14.3 Å². The number of aromatic amines is 1. The summed E-state index contributed by atoms with van der Waals surface area (Å²) in [4.78, 5) is 32.3. The van der Waals surface area contributed by atoms with E-state index in [1.165, 1.54) is 4.90 Å². The molecule has 0 bridgehead atoms. The first kappa shape index (κ1) is 28.3. The minimum atomic E-state index is -0.223. The SMILES string of the molecule is C=C/C(=C\c1c(-c2ccccc2OC)c[nH]c1N)c1ccc(NC(=O)CN(C)C(C)C)c(C(=O)N(C)C)c1. The number of H-pyrrole nitrogens is 1. The third-order valence-corrected chi connectivity index (χ3v) is 6.41. The van der Waals surface area contributed by atoms with E-state index in [-0.39, 0.29) is 24.4 Å². The highest BCUT2D eigenvalue weighted by Gasteiger charge is 2.19. The van der Waals surface area contributed by atoms with Gasteiger partial charge in [0.05, 0.1) is 24.9 Å². The van der Waals surface area contributed by atoms with Gasteiger partial charge in [0.1, 0.15) is 11.6 Å². The number of allylic oxidation sites excluding steroid dienone is 2. The molecule has 0 unspecified atom stereocenters. The first-order chi connectivity index (χ1) is 18.1. The number of carbonyl (C=O) groups excluding carboxylic acids is 2. The van der Waals surface area contributed by atoms with Gasteiger partial charge < -0.3 is 25.7 Å². The predicted molar refractivity (Wildman–Crippen MR) is 156 cm³/mol. The lowest BCUT2D eigenvalue weighted by Gasteiger charge is -2.21. The summed E-state index contributed by atoms with van der Waals surface area (Å²) in [5.41, 5.74) is 11.2. The van der Waals surface area contributed by atoms with E-state index < -0.39 is 0 Å². The number of amides is 2. The molecule has 0 saturated carbocycles. The molecule has 0 fully saturated rings. The fourth-order valence-corrected chi connectivity index (χ4v) is 3.96. The van der Waals surface area contributed by atoms with Crippen molar-refractivity contribution in [2.45, 2.75) is 19.9 Å². The summed E-state index contributed by atoms with van der Waals surface area (Å²) in [5.74, 6) is 0.804. The number of hydrogen-bond donors (Lipinski definition) is 3. The van der Waals surface area contributed by atoms with Crippen LogP contribution in [0.25, 0.3) is 22.8 Å². The molecule has 2 aromatic carbocycles. The summed E-state index contributed by atoms with van der Waals surface area (Å²) in [6, 6.07) is 13.3. The second-order valence-electron chi connectivity index (χ2n) is 9.55. The molecule has 200 valence electrons. The van der Waals surface area contributed by atoms with Crippen LogP contribution in [0.1, 0.15) is 35.3 Å². The van der Waals surface area contributed by atoms with Gasteiger partial charge in [0.2, 0.25) is 5.91 Å². The number of nitrogen functional groups attached to an aromatic ring is 1. The van der Waals surface area contributed by atoms with Gasteiger partial charge in [0.25, 0.3) is 5.91 Å². The number of anilines is 2. The van der Waals surface area contributed by atoms with E-state index in [4.69, 9.17) is 10.5 Å². The summed E-state index contributed by atoms with van der Waals surface area (Å²) in [6.45, 7) is 8.25. The second-order valence-corrected chi connectivity index (χ2v) is 9.55. The number of likely N-dealkylation sites (N-methyl/N-ethyl adjacent to an activating group) is 1. The van der Waals surface area contributed by atoms with Gasteiger partial charge in [-0.25, -0.2) is 0 Å². The average Bonchev–Trinajstić information content (AvgIpc) is 3.26. The molecular formula is C30H37N5O3. The van der Waals surface area contributed by atoms with Crippen LogP contribution in [0.4, 0.5) is 11.5 Å². The van der Waals surface area contributed by atoms with Gasteiger partial charge in [0.15, 0.2) is 0 Å². The summed E-state index contributed by atoms with van der Waals surface area (Å²) < 4.78 is 5.55. The Kier molecular flexibility index (Phi) is 9.15. The van der Waals surface area contributed by atoms with Gasteiger partial charge in [-0.05, 0) is 56.3 Å². The molecular weight excluding hydrogens is 478 g/mol. The minimum Gasteiger partial charge on any atom is -0.496 e. The maximum absolute atomic E-state index is 13.1. The van der Waals surface area contributed by atoms with E-state index in [9.17, 15) is 9.59 Å². The highest BCUT2D eigenvalue weighted by molar-refractivity contribution is 6.05. The van der Waals surface area contributed by atoms with Gasteiger partial charge in [-0.2, -0.15) is 0 Å². The number of ether oxygens (including phenoxy) is 1. The quantitative estimate of drug-likeness (QED) is 0.331. The van der Waals surface area contributed by atoms with E-state index in [1.807, 2.05) is 68.4 Å². The van der Waals surface area contributed by atoms with Crippen molar-refractivity contribution in [1.29, 1.82) is 0 Å². The van der Waals surface area contributed by atoms with Gasteiger partial charge in [0, 0.05) is 43.0 Å². The molecule has 0 radical (unpaired) electrons. The maximum Gasteiger partial charge on any atom is 0.255 e. The third-order valence-electron chi connectivity index (χ3n) is 6.41. The van der Waals surface area contributed by atoms with E-state index in [2.05, 4.69) is 16.9 Å². The first-order valence-electron chi connectivity index (χ1n) is 12.4. The van der Waals surface area contributed by atoms with Crippen LogP contribution >= 0.6 is 0 Å². The lowest BCUT2D eigenvalue weighted by Crippen LogP contribution is -2.35. The van der Waals surface area contributed by atoms with Crippen LogP contribution in [0, 0.1) is 0 Å². The van der Waals surface area contributed by atoms with Crippen molar-refractivity contribution in [2.24, 2.45) is 0 Å². The van der Waals surface area contributed by atoms with E-state index >= 15 is 0 Å². The molecule has 38 heavy (non-hydrogen) atoms. The molecule has 1 heterocycles. The Morgan fingerprint density at radius 2 is 1.84 bits per heavy atom. The lowest BCUT2D eigenvalue weighted by atomic mass is 9.96. The summed E-state index contributed by atoms with van der Waals surface area (Å²) >= 11 is 0. The number of methoxy groups -OCH3 is 1. The third kappa shape index (κ3) is 6.33. The van der Waals surface area contributed by atoms with Crippen molar-refractivity contribution in [3.8, 4) is 16.9 Å². The zero-order valence-electron chi connectivity index (χ0n) is 23.0. The monoisotopic (exact) mass is 515 g/mol. The Bertz CT molecular complexity index is 1350. The van der Waals surface area contributed by atoms with Crippen LogP contribution < -0.4 is 15.8 Å². The zero-order valence-corrected chi connectivity index (χ0v) is 23.0. The minimum absolute atomic E-state index is 0.192. The van der Waals surface area contributed by atoms with Crippen LogP contribution in [-0.4, -0.2) is 67.4 Å². The number of para-hydroxylation sites is 1. The topological polar surface area (TPSA) is 104 Å². The van der Waals surface area contributed by atoms with Crippen molar-refractivity contribution in [1.82, 2.24) is 14.8 Å². The Morgan fingerprint density at radius 1 is 1.13 bits per heavy atom. The number of hydrogen-bond acceptors (Lipinski definition) is 5. The molecule has 4 N–H and O–H groups in total. The molecule has 3 rings (SSSR count). The normalized spacial score (nSPS) is 11.5. The van der Waals surface area contributed by atoms with Crippen molar-refractivity contribution in [3.05, 3.63) is 78.0 Å². The van der Waals surface area contributed by atoms with Crippen molar-refractivity contribution in [2.75, 3.05) is 45.8 Å². The van der Waals surface area contributed by atoms with E-state index in [1.54, 1.807) is 39.4 Å². The maximum atomic E-state index is 13.1. The molecule has 0 aliphatic carbocycles. The molecule has 0 aliphatic rings. The van der Waals surface area contributed by atoms with Crippen LogP contribution in [0.5, 0.6) is 5.75 Å². The smallest absolute Gasteiger partial charge is 0.255 e. The van der Waals surface area contributed by atoms with Crippen LogP contribution in [-0.2, 0) is 4.79 Å². The summed E-state index contributed by atoms with van der Waals surface area (Å²) in [5, 5.41) is 2.90. The van der Waals surface area contributed by atoms with Gasteiger partial charge in [-0.15, -0.1) is 0 Å². The Labute approximate surface area is 224 Å². The standard InChI is InChI=1S/C30H37N5O3/c1-8-20(15-23-25(17-32-29(23)31)22-11-9-10-12-27(22)38-7)21-13-14-26(24(16-21)30(37)34(4)5)33-28(36)18-35(6)19(2)3/h8-17,19,32H,1,18,31H2,2-7H3,(H,33,36)/b20-15+. The Balaban J connectivity index is 2.06. The zero-order chi connectivity index (χ0) is 28.0. The molecule has 0 saturated heterocycles. The van der Waals surface area contributed by atoms with Crippen LogP contribution in [0.15, 0.2) is 61.3 Å². The van der Waals surface area contributed by atoms with Crippen molar-refractivity contribution in [3.63, 3.8) is 0 Å². The van der Waals surface area contributed by atoms with E-state index in [0.29, 0.717) is 17.1 Å². The van der Waals surface area contributed by atoms with Gasteiger partial charge >= 0.3 is 0 Å². The lowest BCUT2D eigenvalue weighted by molar-refractivity contribution is -0.117. The molecule has 8 nitrogen and oxygen atoms in total. The average molecular weight is 516 g/mol. The molecule has 0 atom stereocenters. The molecule has 1 aromatic heterocycles. The molecule has 0 spiro atoms. The molecule has 8 heteroatoms. The number of carbonyl (C=O) groups is 2. The molecule has 2 amide bonds. The number of nitrogens with two attached hydrogens (primary N) is 1. The van der Waals surface area contributed by atoms with Crippen molar-refractivity contribution >= 4 is 35.0 Å². The fourth-order valence-electron chi connectivity index (χ4n) is 3.96.